The number of anilines is 2. The van der Waals surface area contributed by atoms with Crippen molar-refractivity contribution in [2.75, 3.05) is 10.6 Å². The molecule has 2 amide bonds. The second-order valence-electron chi connectivity index (χ2n) is 2.95. The Hall–Kier alpha value is -1.73. The summed E-state index contributed by atoms with van der Waals surface area (Å²) in [6.45, 7) is 0. The topological polar surface area (TPSA) is 66.9 Å². The van der Waals surface area contributed by atoms with Gasteiger partial charge in [0.15, 0.2) is 0 Å². The molecule has 0 fully saturated rings. The molecular weight excluding hydrogens is 267 g/mol. The van der Waals surface area contributed by atoms with E-state index in [0.29, 0.717) is 10.8 Å². The van der Waals surface area contributed by atoms with E-state index in [2.05, 4.69) is 20.8 Å². The van der Waals surface area contributed by atoms with Crippen molar-refractivity contribution in [2.24, 2.45) is 0 Å². The van der Waals surface area contributed by atoms with Crippen molar-refractivity contribution in [3.63, 3.8) is 0 Å². The fourth-order valence-corrected chi connectivity index (χ4v) is 1.68. The number of halogens is 2. The summed E-state index contributed by atoms with van der Waals surface area (Å²) in [6, 6.07) is 3.39. The number of hydrogen-bond donors (Lipinski definition) is 2. The lowest BCUT2D eigenvalue weighted by Gasteiger charge is -2.05. The highest BCUT2D eigenvalue weighted by molar-refractivity contribution is 7.13. The van der Waals surface area contributed by atoms with Crippen molar-refractivity contribution >= 4 is 39.8 Å². The molecule has 0 saturated carbocycles. The molecule has 0 radical (unpaired) electrons. The van der Waals surface area contributed by atoms with Crippen LogP contribution in [0.1, 0.15) is 0 Å². The number of amides is 2. The average molecular weight is 273 g/mol. The van der Waals surface area contributed by atoms with Gasteiger partial charge in [0.1, 0.15) is 11.3 Å². The molecule has 17 heavy (non-hydrogen) atoms. The van der Waals surface area contributed by atoms with Crippen LogP contribution in [0.4, 0.5) is 20.0 Å². The van der Waals surface area contributed by atoms with Crippen LogP contribution >= 0.6 is 22.9 Å². The highest BCUT2D eigenvalue weighted by atomic mass is 35.5. The van der Waals surface area contributed by atoms with E-state index in [1.807, 2.05) is 0 Å². The first-order valence-corrected chi connectivity index (χ1v) is 5.70. The third kappa shape index (κ3) is 3.11. The number of carbonyl (C=O) groups excluding carboxylic acids is 1. The molecule has 5 nitrogen and oxygen atoms in total. The maximum absolute atomic E-state index is 12.9. The molecule has 1 aromatic carbocycles. The predicted molar refractivity (Wildman–Crippen MR) is 64.0 cm³/mol. The smallest absolute Gasteiger partial charge is 0.308 e. The third-order valence-electron chi connectivity index (χ3n) is 1.76. The van der Waals surface area contributed by atoms with Crippen LogP contribution in [0.2, 0.25) is 5.02 Å². The van der Waals surface area contributed by atoms with Gasteiger partial charge in [0.05, 0.1) is 5.02 Å². The van der Waals surface area contributed by atoms with Crippen LogP contribution in [-0.4, -0.2) is 16.2 Å². The van der Waals surface area contributed by atoms with Crippen molar-refractivity contribution in [2.45, 2.75) is 0 Å². The molecule has 0 spiro atoms. The van der Waals surface area contributed by atoms with Crippen molar-refractivity contribution in [3.8, 4) is 0 Å². The number of urea groups is 1. The Labute approximate surface area is 105 Å². The molecule has 0 unspecified atom stereocenters. The second kappa shape index (κ2) is 5.07. The molecule has 2 rings (SSSR count). The third-order valence-corrected chi connectivity index (χ3v) is 2.65. The van der Waals surface area contributed by atoms with E-state index in [-0.39, 0.29) is 5.02 Å². The van der Waals surface area contributed by atoms with Gasteiger partial charge in [-0.3, -0.25) is 5.32 Å². The van der Waals surface area contributed by atoms with E-state index in [4.69, 9.17) is 11.6 Å². The van der Waals surface area contributed by atoms with E-state index in [9.17, 15) is 9.18 Å². The van der Waals surface area contributed by atoms with Crippen LogP contribution in [0.15, 0.2) is 23.7 Å². The molecule has 2 N–H and O–H groups in total. The summed E-state index contributed by atoms with van der Waals surface area (Å²) in [4.78, 5) is 11.5. The normalized spacial score (nSPS) is 10.0. The highest BCUT2D eigenvalue weighted by Gasteiger charge is 2.06. The monoisotopic (exact) mass is 272 g/mol. The number of nitrogens with one attached hydrogen (secondary N) is 2. The molecule has 0 aliphatic rings. The second-order valence-corrected chi connectivity index (χ2v) is 4.19. The lowest BCUT2D eigenvalue weighted by atomic mass is 10.3. The van der Waals surface area contributed by atoms with Crippen LogP contribution < -0.4 is 10.6 Å². The molecule has 88 valence electrons. The molecule has 1 aromatic heterocycles. The van der Waals surface area contributed by atoms with E-state index >= 15 is 0 Å². The van der Waals surface area contributed by atoms with E-state index in [1.165, 1.54) is 35.0 Å². The molecule has 0 atom stereocenters. The van der Waals surface area contributed by atoms with Crippen molar-refractivity contribution < 1.29 is 9.18 Å². The number of nitrogens with zero attached hydrogens (tertiary/aromatic N) is 2. The quantitative estimate of drug-likeness (QED) is 0.883. The van der Waals surface area contributed by atoms with Crippen molar-refractivity contribution in [1.29, 1.82) is 0 Å². The Kier molecular flexibility index (Phi) is 3.50. The number of carbonyl (C=O) groups is 1. The standard InChI is InChI=1S/C9H6ClFN4OS/c10-6-3-5(1-2-7(6)11)13-8(16)14-9-15-12-4-17-9/h1-4H,(H2,13,14,15,16). The fraction of sp³-hybridized carbons (Fsp3) is 0. The zero-order valence-corrected chi connectivity index (χ0v) is 9.85. The Morgan fingerprint density at radius 3 is 2.88 bits per heavy atom. The summed E-state index contributed by atoms with van der Waals surface area (Å²) in [5.41, 5.74) is 1.88. The zero-order valence-electron chi connectivity index (χ0n) is 8.28. The number of hydrogen-bond acceptors (Lipinski definition) is 4. The van der Waals surface area contributed by atoms with E-state index in [0.717, 1.165) is 0 Å². The van der Waals surface area contributed by atoms with Gasteiger partial charge in [-0.1, -0.05) is 22.9 Å². The fourth-order valence-electron chi connectivity index (χ4n) is 1.06. The van der Waals surface area contributed by atoms with Crippen LogP contribution in [0, 0.1) is 5.82 Å². The minimum absolute atomic E-state index is 0.0567. The van der Waals surface area contributed by atoms with E-state index < -0.39 is 11.8 Å². The van der Waals surface area contributed by atoms with Gasteiger partial charge in [0, 0.05) is 5.69 Å². The average Bonchev–Trinajstić information content (AvgIpc) is 2.76. The molecule has 0 bridgehead atoms. The Morgan fingerprint density at radius 1 is 1.41 bits per heavy atom. The zero-order chi connectivity index (χ0) is 12.3. The highest BCUT2D eigenvalue weighted by Crippen LogP contribution is 2.19. The van der Waals surface area contributed by atoms with Crippen LogP contribution in [0.3, 0.4) is 0 Å². The number of aromatic nitrogens is 2. The molecule has 2 aromatic rings. The van der Waals surface area contributed by atoms with Gasteiger partial charge in [-0.05, 0) is 18.2 Å². The Balaban J connectivity index is 2.00. The lowest BCUT2D eigenvalue weighted by Crippen LogP contribution is -2.19. The summed E-state index contributed by atoms with van der Waals surface area (Å²) >= 11 is 6.76. The summed E-state index contributed by atoms with van der Waals surface area (Å²) in [6.07, 6.45) is 0. The van der Waals surface area contributed by atoms with Gasteiger partial charge in [-0.25, -0.2) is 9.18 Å². The minimum atomic E-state index is -0.540. The van der Waals surface area contributed by atoms with Crippen LogP contribution in [0.25, 0.3) is 0 Å². The van der Waals surface area contributed by atoms with Gasteiger partial charge in [0.2, 0.25) is 5.13 Å². The molecular formula is C9H6ClFN4OS. The summed E-state index contributed by atoms with van der Waals surface area (Å²) in [5, 5.41) is 12.5. The minimum Gasteiger partial charge on any atom is -0.308 e. The van der Waals surface area contributed by atoms with Gasteiger partial charge in [0.25, 0.3) is 0 Å². The van der Waals surface area contributed by atoms with E-state index in [1.54, 1.807) is 0 Å². The summed E-state index contributed by atoms with van der Waals surface area (Å²) in [7, 11) is 0. The molecule has 0 saturated heterocycles. The maximum Gasteiger partial charge on any atom is 0.325 e. The molecule has 8 heteroatoms. The summed E-state index contributed by atoms with van der Waals surface area (Å²) in [5.74, 6) is -0.540. The lowest BCUT2D eigenvalue weighted by molar-refractivity contribution is 0.262. The first kappa shape index (κ1) is 11.7. The van der Waals surface area contributed by atoms with Gasteiger partial charge in [-0.15, -0.1) is 10.2 Å². The number of benzene rings is 1. The Bertz CT molecular complexity index is 534. The molecule has 0 aliphatic heterocycles. The first-order chi connectivity index (χ1) is 8.15. The largest absolute Gasteiger partial charge is 0.325 e. The van der Waals surface area contributed by atoms with Gasteiger partial charge >= 0.3 is 6.03 Å². The van der Waals surface area contributed by atoms with Crippen LogP contribution in [0.5, 0.6) is 0 Å². The van der Waals surface area contributed by atoms with Crippen molar-refractivity contribution in [3.05, 3.63) is 34.5 Å². The number of rotatable bonds is 2. The molecule has 1 heterocycles. The SMILES string of the molecule is O=C(Nc1ccc(F)c(Cl)c1)Nc1nncs1. The van der Waals surface area contributed by atoms with Crippen molar-refractivity contribution in [1.82, 2.24) is 10.2 Å². The molecule has 0 aliphatic carbocycles. The summed E-state index contributed by atoms with van der Waals surface area (Å²) < 4.78 is 12.9. The van der Waals surface area contributed by atoms with Gasteiger partial charge in [-0.2, -0.15) is 0 Å². The maximum atomic E-state index is 12.9. The predicted octanol–water partition coefficient (Wildman–Crippen LogP) is 2.97. The van der Waals surface area contributed by atoms with Crippen LogP contribution in [-0.2, 0) is 0 Å². The van der Waals surface area contributed by atoms with Gasteiger partial charge < -0.3 is 5.32 Å². The Morgan fingerprint density at radius 2 is 2.24 bits per heavy atom. The first-order valence-electron chi connectivity index (χ1n) is 4.44.